The normalized spacial score (nSPS) is 9.71. The van der Waals surface area contributed by atoms with Gasteiger partial charge in [-0.15, -0.1) is 0 Å². The molecule has 2 rings (SSSR count). The molecule has 3 heteroatoms. The van der Waals surface area contributed by atoms with E-state index in [4.69, 9.17) is 5.26 Å². The van der Waals surface area contributed by atoms with Crippen molar-refractivity contribution in [1.82, 2.24) is 0 Å². The van der Waals surface area contributed by atoms with Gasteiger partial charge in [0.1, 0.15) is 5.82 Å². The van der Waals surface area contributed by atoms with Crippen molar-refractivity contribution in [3.63, 3.8) is 0 Å². The van der Waals surface area contributed by atoms with Crippen LogP contribution in [-0.2, 0) is 0 Å². The van der Waals surface area contributed by atoms with Gasteiger partial charge in [0, 0.05) is 12.7 Å². The number of nitriles is 1. The Labute approximate surface area is 99.5 Å². The predicted octanol–water partition coefficient (Wildman–Crippen LogP) is 3.47. The fourth-order valence-electron chi connectivity index (χ4n) is 1.65. The van der Waals surface area contributed by atoms with Crippen molar-refractivity contribution >= 4 is 11.4 Å². The monoisotopic (exact) mass is 226 g/mol. The largest absolute Gasteiger partial charge is 0.342 e. The van der Waals surface area contributed by atoms with Crippen molar-refractivity contribution in [3.8, 4) is 6.07 Å². The highest BCUT2D eigenvalue weighted by molar-refractivity contribution is 5.64. The molecule has 0 aromatic heterocycles. The molecule has 17 heavy (non-hydrogen) atoms. The maximum Gasteiger partial charge on any atom is 0.146 e. The van der Waals surface area contributed by atoms with Crippen LogP contribution >= 0.6 is 0 Å². The van der Waals surface area contributed by atoms with Crippen LogP contribution in [0.25, 0.3) is 0 Å². The molecule has 0 saturated heterocycles. The molecule has 0 radical (unpaired) electrons. The molecule has 0 amide bonds. The summed E-state index contributed by atoms with van der Waals surface area (Å²) in [5.41, 5.74) is 1.84. The Hall–Kier alpha value is -2.34. The maximum atomic E-state index is 13.6. The van der Waals surface area contributed by atoms with Crippen LogP contribution in [0.1, 0.15) is 5.56 Å². The molecule has 0 atom stereocenters. The van der Waals surface area contributed by atoms with Crippen LogP contribution in [0.4, 0.5) is 15.8 Å². The minimum absolute atomic E-state index is 0.280. The number of para-hydroxylation sites is 1. The molecule has 0 unspecified atom stereocenters. The van der Waals surface area contributed by atoms with Gasteiger partial charge in [0.2, 0.25) is 0 Å². The van der Waals surface area contributed by atoms with Crippen LogP contribution in [-0.4, -0.2) is 7.05 Å². The van der Waals surface area contributed by atoms with Crippen LogP contribution < -0.4 is 4.90 Å². The van der Waals surface area contributed by atoms with Crippen LogP contribution in [0.3, 0.4) is 0 Å². The van der Waals surface area contributed by atoms with E-state index in [1.54, 1.807) is 48.3 Å². The van der Waals surface area contributed by atoms with E-state index in [9.17, 15) is 4.39 Å². The fraction of sp³-hybridized carbons (Fsp3) is 0.0714. The van der Waals surface area contributed by atoms with Crippen molar-refractivity contribution in [2.24, 2.45) is 0 Å². The van der Waals surface area contributed by atoms with Crippen molar-refractivity contribution in [2.45, 2.75) is 0 Å². The summed E-state index contributed by atoms with van der Waals surface area (Å²) in [4.78, 5) is 1.72. The van der Waals surface area contributed by atoms with E-state index in [0.29, 0.717) is 11.3 Å². The molecular weight excluding hydrogens is 215 g/mol. The number of nitrogens with zero attached hydrogens (tertiary/aromatic N) is 2. The standard InChI is InChI=1S/C14H11FN2/c1-17(14-8-3-2-7-13(14)15)12-6-4-5-11(9-12)10-16/h2-9H,1H3. The summed E-state index contributed by atoms with van der Waals surface area (Å²) in [6.45, 7) is 0. The molecule has 2 aromatic carbocycles. The van der Waals surface area contributed by atoms with Crippen LogP contribution in [0.2, 0.25) is 0 Å². The fourth-order valence-corrected chi connectivity index (χ4v) is 1.65. The first-order valence-electron chi connectivity index (χ1n) is 5.21. The summed E-state index contributed by atoms with van der Waals surface area (Å²) in [6, 6.07) is 15.7. The van der Waals surface area contributed by atoms with Gasteiger partial charge in [0.25, 0.3) is 0 Å². The van der Waals surface area contributed by atoms with Gasteiger partial charge in [-0.05, 0) is 30.3 Å². The molecule has 0 spiro atoms. The summed E-state index contributed by atoms with van der Waals surface area (Å²) in [5.74, 6) is -0.280. The zero-order chi connectivity index (χ0) is 12.3. The van der Waals surface area contributed by atoms with E-state index in [1.165, 1.54) is 6.07 Å². The molecule has 0 saturated carbocycles. The highest BCUT2D eigenvalue weighted by Gasteiger charge is 2.08. The molecule has 2 aromatic rings. The van der Waals surface area contributed by atoms with Gasteiger partial charge >= 0.3 is 0 Å². The summed E-state index contributed by atoms with van der Waals surface area (Å²) in [5, 5.41) is 8.83. The van der Waals surface area contributed by atoms with E-state index < -0.39 is 0 Å². The van der Waals surface area contributed by atoms with Crippen LogP contribution in [0.15, 0.2) is 48.5 Å². The number of anilines is 2. The second-order valence-corrected chi connectivity index (χ2v) is 3.67. The maximum absolute atomic E-state index is 13.6. The lowest BCUT2D eigenvalue weighted by Crippen LogP contribution is -2.11. The first-order chi connectivity index (χ1) is 8.22. The van der Waals surface area contributed by atoms with Crippen LogP contribution in [0.5, 0.6) is 0 Å². The number of hydrogen-bond donors (Lipinski definition) is 0. The zero-order valence-electron chi connectivity index (χ0n) is 9.39. The van der Waals surface area contributed by atoms with E-state index in [2.05, 4.69) is 6.07 Å². The third-order valence-electron chi connectivity index (χ3n) is 2.58. The quantitative estimate of drug-likeness (QED) is 0.784. The number of hydrogen-bond acceptors (Lipinski definition) is 2. The van der Waals surface area contributed by atoms with Crippen molar-refractivity contribution in [1.29, 1.82) is 5.26 Å². The molecule has 0 aliphatic carbocycles. The molecule has 0 heterocycles. The summed E-state index contributed by atoms with van der Waals surface area (Å²) in [7, 11) is 1.77. The lowest BCUT2D eigenvalue weighted by Gasteiger charge is -2.20. The van der Waals surface area contributed by atoms with Crippen LogP contribution in [0, 0.1) is 17.1 Å². The summed E-state index contributed by atoms with van der Waals surface area (Å²) < 4.78 is 13.6. The SMILES string of the molecule is CN(c1cccc(C#N)c1)c1ccccc1F. The summed E-state index contributed by atoms with van der Waals surface area (Å²) >= 11 is 0. The van der Waals surface area contributed by atoms with E-state index in [1.807, 2.05) is 6.07 Å². The average Bonchev–Trinajstić information content (AvgIpc) is 2.38. The molecule has 0 fully saturated rings. The molecule has 84 valence electrons. The van der Waals surface area contributed by atoms with Gasteiger partial charge in [-0.3, -0.25) is 0 Å². The van der Waals surface area contributed by atoms with Crippen molar-refractivity contribution in [2.75, 3.05) is 11.9 Å². The first kappa shape index (κ1) is 11.2. The number of rotatable bonds is 2. The minimum atomic E-state index is -0.280. The summed E-state index contributed by atoms with van der Waals surface area (Å²) in [6.07, 6.45) is 0. The van der Waals surface area contributed by atoms with E-state index >= 15 is 0 Å². The third kappa shape index (κ3) is 2.26. The lowest BCUT2D eigenvalue weighted by molar-refractivity contribution is 0.627. The van der Waals surface area contributed by atoms with Crippen molar-refractivity contribution < 1.29 is 4.39 Å². The molecular formula is C14H11FN2. The van der Waals surface area contributed by atoms with Crippen molar-refractivity contribution in [3.05, 3.63) is 59.9 Å². The molecule has 0 aliphatic rings. The smallest absolute Gasteiger partial charge is 0.146 e. The van der Waals surface area contributed by atoms with Gasteiger partial charge < -0.3 is 4.90 Å². The Balaban J connectivity index is 2.41. The highest BCUT2D eigenvalue weighted by Crippen LogP contribution is 2.26. The minimum Gasteiger partial charge on any atom is -0.342 e. The average molecular weight is 226 g/mol. The molecule has 0 bridgehead atoms. The molecule has 0 N–H and O–H groups in total. The van der Waals surface area contributed by atoms with Gasteiger partial charge in [0.05, 0.1) is 17.3 Å². The Bertz CT molecular complexity index is 572. The van der Waals surface area contributed by atoms with Gasteiger partial charge in [0.15, 0.2) is 0 Å². The van der Waals surface area contributed by atoms with E-state index in [0.717, 1.165) is 5.69 Å². The molecule has 0 aliphatic heterocycles. The number of halogens is 1. The molecule has 2 nitrogen and oxygen atoms in total. The second-order valence-electron chi connectivity index (χ2n) is 3.67. The predicted molar refractivity (Wildman–Crippen MR) is 65.6 cm³/mol. The van der Waals surface area contributed by atoms with Gasteiger partial charge in [-0.1, -0.05) is 18.2 Å². The Kier molecular flexibility index (Phi) is 3.06. The Morgan fingerprint density at radius 1 is 1.12 bits per heavy atom. The van der Waals surface area contributed by atoms with Gasteiger partial charge in [-0.2, -0.15) is 5.26 Å². The zero-order valence-corrected chi connectivity index (χ0v) is 9.39. The lowest BCUT2D eigenvalue weighted by atomic mass is 10.2. The van der Waals surface area contributed by atoms with E-state index in [-0.39, 0.29) is 5.82 Å². The number of benzene rings is 2. The van der Waals surface area contributed by atoms with Gasteiger partial charge in [-0.25, -0.2) is 4.39 Å². The third-order valence-corrected chi connectivity index (χ3v) is 2.58. The second kappa shape index (κ2) is 4.67. The topological polar surface area (TPSA) is 27.0 Å². The highest BCUT2D eigenvalue weighted by atomic mass is 19.1. The Morgan fingerprint density at radius 3 is 2.59 bits per heavy atom. The first-order valence-corrected chi connectivity index (χ1v) is 5.21. The Morgan fingerprint density at radius 2 is 1.88 bits per heavy atom.